The third kappa shape index (κ3) is 3.04. The largest absolute Gasteiger partial charge is 0.225 e. The predicted molar refractivity (Wildman–Crippen MR) is 41.1 cm³/mol. The highest BCUT2D eigenvalue weighted by molar-refractivity contribution is 6.13. The molecule has 0 heterocycles. The number of nitrogens with one attached hydrogen (secondary N) is 1. The van der Waals surface area contributed by atoms with Crippen molar-refractivity contribution in [2.45, 2.75) is 39.8 Å². The Bertz CT molecular complexity index is 65.5. The van der Waals surface area contributed by atoms with E-state index in [1.54, 1.807) is 0 Å². The van der Waals surface area contributed by atoms with E-state index in [0.717, 1.165) is 0 Å². The molecule has 2 nitrogen and oxygen atoms in total. The Morgan fingerprint density at radius 3 is 1.44 bits per heavy atom. The Morgan fingerprint density at radius 1 is 1.11 bits per heavy atom. The Hall–Kier alpha value is 0.210. The average molecular weight is 151 g/mol. The van der Waals surface area contributed by atoms with Gasteiger partial charge in [-0.25, -0.2) is 5.01 Å². The van der Waals surface area contributed by atoms with Gasteiger partial charge in [0.25, 0.3) is 0 Å². The molecule has 0 aliphatic carbocycles. The molecule has 1 N–H and O–H groups in total. The normalized spacial score (nSPS) is 12.0. The summed E-state index contributed by atoms with van der Waals surface area (Å²) in [6, 6.07) is 0.894. The summed E-state index contributed by atoms with van der Waals surface area (Å²) in [4.78, 5) is 2.61. The molecule has 0 saturated heterocycles. The molecule has 0 aromatic carbocycles. The molecule has 3 heteroatoms. The van der Waals surface area contributed by atoms with Crippen LogP contribution in [0.2, 0.25) is 0 Å². The van der Waals surface area contributed by atoms with Gasteiger partial charge in [0.15, 0.2) is 0 Å². The highest BCUT2D eigenvalue weighted by atomic mass is 35.5. The molecule has 9 heavy (non-hydrogen) atoms. The second-order valence-electron chi connectivity index (χ2n) is 2.68. The first kappa shape index (κ1) is 9.21. The van der Waals surface area contributed by atoms with Crippen LogP contribution in [0.3, 0.4) is 0 Å². The van der Waals surface area contributed by atoms with Crippen molar-refractivity contribution in [3.8, 4) is 0 Å². The Kier molecular flexibility index (Phi) is 4.19. The lowest BCUT2D eigenvalue weighted by Gasteiger charge is -2.27. The van der Waals surface area contributed by atoms with E-state index in [1.165, 1.54) is 0 Å². The van der Waals surface area contributed by atoms with E-state index < -0.39 is 0 Å². The lowest BCUT2D eigenvalue weighted by molar-refractivity contribution is 0.148. The topological polar surface area (TPSA) is 15.3 Å². The van der Waals surface area contributed by atoms with E-state index >= 15 is 0 Å². The fourth-order valence-corrected chi connectivity index (χ4v) is 1.18. The Balaban J connectivity index is 3.68. The molecule has 0 spiro atoms. The van der Waals surface area contributed by atoms with Crippen molar-refractivity contribution in [1.29, 1.82) is 0 Å². The van der Waals surface area contributed by atoms with Gasteiger partial charge in [-0.2, -0.15) is 4.94 Å². The van der Waals surface area contributed by atoms with Crippen molar-refractivity contribution in [1.82, 2.24) is 9.95 Å². The van der Waals surface area contributed by atoms with Gasteiger partial charge in [-0.3, -0.25) is 0 Å². The van der Waals surface area contributed by atoms with Gasteiger partial charge in [0.05, 0.1) is 0 Å². The molecule has 0 aromatic rings. The zero-order chi connectivity index (χ0) is 7.44. The van der Waals surface area contributed by atoms with Crippen LogP contribution in [-0.2, 0) is 0 Å². The van der Waals surface area contributed by atoms with Crippen LogP contribution < -0.4 is 4.94 Å². The number of halogens is 1. The summed E-state index contributed by atoms with van der Waals surface area (Å²) in [5.74, 6) is 0. The van der Waals surface area contributed by atoms with Crippen molar-refractivity contribution in [2.75, 3.05) is 0 Å². The molecule has 0 atom stereocenters. The summed E-state index contributed by atoms with van der Waals surface area (Å²) >= 11 is 5.43. The number of hydrazine groups is 1. The molecule has 56 valence electrons. The fourth-order valence-electron chi connectivity index (χ4n) is 0.791. The molecular weight excluding hydrogens is 136 g/mol. The molecule has 0 aliphatic heterocycles. The average Bonchev–Trinajstić information content (AvgIpc) is 1.64. The minimum Gasteiger partial charge on any atom is -0.225 e. The maximum atomic E-state index is 5.43. The van der Waals surface area contributed by atoms with Crippen molar-refractivity contribution in [2.24, 2.45) is 0 Å². The number of nitrogens with zero attached hydrogens (tertiary/aromatic N) is 1. The van der Waals surface area contributed by atoms with E-state index in [9.17, 15) is 0 Å². The van der Waals surface area contributed by atoms with E-state index in [2.05, 4.69) is 32.6 Å². The van der Waals surface area contributed by atoms with E-state index in [4.69, 9.17) is 11.8 Å². The third-order valence-corrected chi connectivity index (χ3v) is 1.41. The molecule has 0 unspecified atom stereocenters. The Morgan fingerprint density at radius 2 is 1.44 bits per heavy atom. The van der Waals surface area contributed by atoms with Gasteiger partial charge < -0.3 is 0 Å². The molecule has 0 bridgehead atoms. The van der Waals surface area contributed by atoms with Gasteiger partial charge in [-0.05, 0) is 39.5 Å². The fraction of sp³-hybridized carbons (Fsp3) is 1.00. The molecular formula is C6H15ClN2. The van der Waals surface area contributed by atoms with Gasteiger partial charge in [-0.1, -0.05) is 0 Å². The van der Waals surface area contributed by atoms with Gasteiger partial charge >= 0.3 is 0 Å². The van der Waals surface area contributed by atoms with Gasteiger partial charge in [-0.15, -0.1) is 0 Å². The van der Waals surface area contributed by atoms with Crippen molar-refractivity contribution < 1.29 is 0 Å². The minimum absolute atomic E-state index is 0.447. The van der Waals surface area contributed by atoms with Crippen LogP contribution in [0, 0.1) is 0 Å². The highest BCUT2D eigenvalue weighted by Gasteiger charge is 2.10. The first-order chi connectivity index (χ1) is 4.09. The van der Waals surface area contributed by atoms with Crippen LogP contribution in [0.1, 0.15) is 27.7 Å². The number of hydrogen-bond acceptors (Lipinski definition) is 2. The standard InChI is InChI=1S/C6H15ClN2/c1-5(2)9(8-7)6(3)4/h5-6,8H,1-4H3. The summed E-state index contributed by atoms with van der Waals surface area (Å²) in [7, 11) is 0. The van der Waals surface area contributed by atoms with Gasteiger partial charge in [0, 0.05) is 12.1 Å². The van der Waals surface area contributed by atoms with Gasteiger partial charge in [0.2, 0.25) is 0 Å². The summed E-state index contributed by atoms with van der Waals surface area (Å²) in [5, 5.41) is 1.97. The maximum Gasteiger partial charge on any atom is 0.0202 e. The SMILES string of the molecule is CC(C)N(NCl)C(C)C. The third-order valence-electron chi connectivity index (χ3n) is 1.21. The molecule has 0 rings (SSSR count). The van der Waals surface area contributed by atoms with Crippen LogP contribution >= 0.6 is 11.8 Å². The molecule has 0 saturated carbocycles. The van der Waals surface area contributed by atoms with E-state index in [-0.39, 0.29) is 0 Å². The van der Waals surface area contributed by atoms with Crippen LogP contribution in [-0.4, -0.2) is 17.1 Å². The van der Waals surface area contributed by atoms with Crippen LogP contribution in [0.5, 0.6) is 0 Å². The van der Waals surface area contributed by atoms with Crippen molar-refractivity contribution in [3.63, 3.8) is 0 Å². The lowest BCUT2D eigenvalue weighted by atomic mass is 10.3. The smallest absolute Gasteiger partial charge is 0.0202 e. The van der Waals surface area contributed by atoms with Gasteiger partial charge in [0.1, 0.15) is 0 Å². The Labute approximate surface area is 62.3 Å². The second kappa shape index (κ2) is 4.09. The second-order valence-corrected chi connectivity index (χ2v) is 2.85. The summed E-state index contributed by atoms with van der Waals surface area (Å²) < 4.78 is 0. The van der Waals surface area contributed by atoms with Crippen LogP contribution in [0.4, 0.5) is 0 Å². The zero-order valence-corrected chi connectivity index (χ0v) is 7.24. The zero-order valence-electron chi connectivity index (χ0n) is 6.48. The van der Waals surface area contributed by atoms with Crippen molar-refractivity contribution in [3.05, 3.63) is 0 Å². The summed E-state index contributed by atoms with van der Waals surface area (Å²) in [6.07, 6.45) is 0. The molecule has 0 aromatic heterocycles. The van der Waals surface area contributed by atoms with Crippen LogP contribution in [0.15, 0.2) is 0 Å². The monoisotopic (exact) mass is 150 g/mol. The lowest BCUT2D eigenvalue weighted by Crippen LogP contribution is -2.42. The number of hydrogen-bond donors (Lipinski definition) is 1. The first-order valence-electron chi connectivity index (χ1n) is 3.24. The van der Waals surface area contributed by atoms with E-state index in [1.807, 2.05) is 5.01 Å². The molecule has 0 fully saturated rings. The van der Waals surface area contributed by atoms with Crippen LogP contribution in [0.25, 0.3) is 0 Å². The maximum absolute atomic E-state index is 5.43. The minimum atomic E-state index is 0.447. The quantitative estimate of drug-likeness (QED) is 0.487. The summed E-state index contributed by atoms with van der Waals surface area (Å²) in [6.45, 7) is 8.37. The predicted octanol–water partition coefficient (Wildman–Crippen LogP) is 1.76. The molecule has 0 amide bonds. The molecule has 0 radical (unpaired) electrons. The van der Waals surface area contributed by atoms with E-state index in [0.29, 0.717) is 12.1 Å². The summed E-state index contributed by atoms with van der Waals surface area (Å²) in [5.41, 5.74) is 0. The molecule has 0 aliphatic rings. The first-order valence-corrected chi connectivity index (χ1v) is 3.62. The number of rotatable bonds is 3. The van der Waals surface area contributed by atoms with Crippen molar-refractivity contribution >= 4 is 11.8 Å². The highest BCUT2D eigenvalue weighted by Crippen LogP contribution is 2.00.